The number of thiophene rings is 1. The second kappa shape index (κ2) is 9.09. The number of carbonyl (C=O) groups excluding carboxylic acids is 3. The van der Waals surface area contributed by atoms with Crippen molar-refractivity contribution in [3.05, 3.63) is 57.3 Å². The summed E-state index contributed by atoms with van der Waals surface area (Å²) in [7, 11) is 1.58. The fourth-order valence-corrected chi connectivity index (χ4v) is 4.35. The number of nitrogens with zero attached hydrogens (tertiary/aromatic N) is 2. The number of piperazine rings is 1. The van der Waals surface area contributed by atoms with Crippen molar-refractivity contribution in [1.29, 1.82) is 0 Å². The van der Waals surface area contributed by atoms with E-state index in [1.807, 2.05) is 45.9 Å². The molecule has 1 aromatic heterocycles. The van der Waals surface area contributed by atoms with Gasteiger partial charge in [0.05, 0.1) is 10.9 Å². The monoisotopic (exact) mass is 443 g/mol. The standard InChI is InChI=1S/C23H29N3O4S/c1-15-9-10-19(31-15)21(28)26-12-11-25(22(29)30-23(2,3)4)14-18(26)16-7-6-8-17(13-16)20(27)24-5/h6-10,13,18H,11-12,14H2,1-5H3,(H,24,27)/t18-/m0/s1. The van der Waals surface area contributed by atoms with Gasteiger partial charge in [0.25, 0.3) is 11.8 Å². The summed E-state index contributed by atoms with van der Waals surface area (Å²) in [4.78, 5) is 43.3. The Morgan fingerprint density at radius 2 is 1.87 bits per heavy atom. The second-order valence-corrected chi connectivity index (χ2v) is 9.84. The van der Waals surface area contributed by atoms with Crippen LogP contribution in [0.25, 0.3) is 0 Å². The lowest BCUT2D eigenvalue weighted by Crippen LogP contribution is -2.53. The zero-order valence-electron chi connectivity index (χ0n) is 18.6. The molecular weight excluding hydrogens is 414 g/mol. The van der Waals surface area contributed by atoms with E-state index in [0.29, 0.717) is 30.1 Å². The van der Waals surface area contributed by atoms with Gasteiger partial charge >= 0.3 is 6.09 Å². The van der Waals surface area contributed by atoms with E-state index in [2.05, 4.69) is 5.32 Å². The Balaban J connectivity index is 1.93. The number of ether oxygens (including phenoxy) is 1. The number of amides is 3. The van der Waals surface area contributed by atoms with E-state index in [-0.39, 0.29) is 17.9 Å². The molecular formula is C23H29N3O4S. The number of hydrogen-bond acceptors (Lipinski definition) is 5. The van der Waals surface area contributed by atoms with Crippen LogP contribution in [0.15, 0.2) is 36.4 Å². The number of nitrogens with one attached hydrogen (secondary N) is 1. The maximum atomic E-state index is 13.3. The average molecular weight is 444 g/mol. The minimum Gasteiger partial charge on any atom is -0.444 e. The molecule has 0 bridgehead atoms. The first-order valence-corrected chi connectivity index (χ1v) is 11.1. The summed E-state index contributed by atoms with van der Waals surface area (Å²) in [5.41, 5.74) is 0.706. The van der Waals surface area contributed by atoms with Gasteiger partial charge in [0.15, 0.2) is 0 Å². The molecule has 2 heterocycles. The Bertz CT molecular complexity index is 979. The van der Waals surface area contributed by atoms with Crippen molar-refractivity contribution in [1.82, 2.24) is 15.1 Å². The third-order valence-corrected chi connectivity index (χ3v) is 5.99. The van der Waals surface area contributed by atoms with Gasteiger partial charge in [-0.05, 0) is 57.5 Å². The van der Waals surface area contributed by atoms with Gasteiger partial charge in [-0.1, -0.05) is 12.1 Å². The van der Waals surface area contributed by atoms with Gasteiger partial charge in [0.2, 0.25) is 0 Å². The van der Waals surface area contributed by atoms with Gasteiger partial charge in [-0.15, -0.1) is 11.3 Å². The molecule has 1 saturated heterocycles. The Kier molecular flexibility index (Phi) is 6.69. The fourth-order valence-electron chi connectivity index (χ4n) is 3.53. The quantitative estimate of drug-likeness (QED) is 0.782. The molecule has 3 amide bonds. The average Bonchev–Trinajstić information content (AvgIpc) is 3.17. The summed E-state index contributed by atoms with van der Waals surface area (Å²) in [6.45, 7) is 8.51. The van der Waals surface area contributed by atoms with Crippen LogP contribution in [0.4, 0.5) is 4.79 Å². The van der Waals surface area contributed by atoms with Crippen molar-refractivity contribution >= 4 is 29.2 Å². The number of carbonyl (C=O) groups is 3. The zero-order chi connectivity index (χ0) is 22.8. The van der Waals surface area contributed by atoms with E-state index in [4.69, 9.17) is 4.74 Å². The van der Waals surface area contributed by atoms with Crippen LogP contribution in [-0.4, -0.2) is 60.0 Å². The van der Waals surface area contributed by atoms with Gasteiger partial charge in [-0.3, -0.25) is 9.59 Å². The molecule has 1 atom stereocenters. The van der Waals surface area contributed by atoms with Crippen LogP contribution in [0.2, 0.25) is 0 Å². The Hall–Kier alpha value is -2.87. The number of hydrogen-bond donors (Lipinski definition) is 1. The van der Waals surface area contributed by atoms with Crippen LogP contribution < -0.4 is 5.32 Å². The Labute approximate surface area is 187 Å². The Morgan fingerprint density at radius 3 is 2.48 bits per heavy atom. The summed E-state index contributed by atoms with van der Waals surface area (Å²) in [6, 6.07) is 10.6. The van der Waals surface area contributed by atoms with E-state index >= 15 is 0 Å². The highest BCUT2D eigenvalue weighted by atomic mass is 32.1. The molecule has 0 aliphatic carbocycles. The first kappa shape index (κ1) is 22.8. The van der Waals surface area contributed by atoms with Gasteiger partial charge in [-0.2, -0.15) is 0 Å². The minimum atomic E-state index is -0.604. The van der Waals surface area contributed by atoms with E-state index < -0.39 is 11.7 Å². The van der Waals surface area contributed by atoms with E-state index in [1.165, 1.54) is 11.3 Å². The van der Waals surface area contributed by atoms with E-state index in [0.717, 1.165) is 10.4 Å². The lowest BCUT2D eigenvalue weighted by Gasteiger charge is -2.41. The summed E-state index contributed by atoms with van der Waals surface area (Å²) in [6.07, 6.45) is -0.404. The van der Waals surface area contributed by atoms with Gasteiger partial charge in [0.1, 0.15) is 5.60 Å². The molecule has 2 aromatic rings. The van der Waals surface area contributed by atoms with Crippen molar-refractivity contribution in [3.8, 4) is 0 Å². The van der Waals surface area contributed by atoms with Crippen molar-refractivity contribution in [2.75, 3.05) is 26.7 Å². The van der Waals surface area contributed by atoms with Crippen molar-refractivity contribution in [2.45, 2.75) is 39.3 Å². The molecule has 1 fully saturated rings. The maximum Gasteiger partial charge on any atom is 0.410 e. The fraction of sp³-hybridized carbons (Fsp3) is 0.435. The highest BCUT2D eigenvalue weighted by Crippen LogP contribution is 2.30. The molecule has 1 N–H and O–H groups in total. The number of aryl methyl sites for hydroxylation is 1. The van der Waals surface area contributed by atoms with Crippen LogP contribution in [0.3, 0.4) is 0 Å². The number of benzene rings is 1. The molecule has 8 heteroatoms. The molecule has 1 aliphatic rings. The van der Waals surface area contributed by atoms with Crippen LogP contribution in [0, 0.1) is 6.92 Å². The van der Waals surface area contributed by atoms with Crippen LogP contribution in [-0.2, 0) is 4.74 Å². The molecule has 1 aromatic carbocycles. The largest absolute Gasteiger partial charge is 0.444 e. The summed E-state index contributed by atoms with van der Waals surface area (Å²) in [5, 5.41) is 2.62. The van der Waals surface area contributed by atoms with E-state index in [1.54, 1.807) is 35.0 Å². The molecule has 1 aliphatic heterocycles. The third-order valence-electron chi connectivity index (χ3n) is 5.00. The summed E-state index contributed by atoms with van der Waals surface area (Å²) in [5.74, 6) is -0.272. The number of rotatable bonds is 3. The van der Waals surface area contributed by atoms with Gasteiger partial charge in [0, 0.05) is 37.1 Å². The third kappa shape index (κ3) is 5.44. The van der Waals surface area contributed by atoms with Crippen LogP contribution in [0.1, 0.15) is 57.3 Å². The van der Waals surface area contributed by atoms with Gasteiger partial charge < -0.3 is 19.9 Å². The zero-order valence-corrected chi connectivity index (χ0v) is 19.4. The molecule has 7 nitrogen and oxygen atoms in total. The summed E-state index contributed by atoms with van der Waals surface area (Å²) < 4.78 is 5.55. The lowest BCUT2D eigenvalue weighted by atomic mass is 9.99. The van der Waals surface area contributed by atoms with Crippen LogP contribution in [0.5, 0.6) is 0 Å². The normalized spacial score (nSPS) is 16.7. The molecule has 31 heavy (non-hydrogen) atoms. The van der Waals surface area contributed by atoms with E-state index in [9.17, 15) is 14.4 Å². The molecule has 3 rings (SSSR count). The Morgan fingerprint density at radius 1 is 1.13 bits per heavy atom. The smallest absolute Gasteiger partial charge is 0.410 e. The molecule has 0 saturated carbocycles. The van der Waals surface area contributed by atoms with Crippen molar-refractivity contribution in [3.63, 3.8) is 0 Å². The first-order chi connectivity index (χ1) is 14.6. The highest BCUT2D eigenvalue weighted by molar-refractivity contribution is 7.13. The molecule has 0 unspecified atom stereocenters. The maximum absolute atomic E-state index is 13.3. The summed E-state index contributed by atoms with van der Waals surface area (Å²) >= 11 is 1.45. The first-order valence-electron chi connectivity index (χ1n) is 10.3. The lowest BCUT2D eigenvalue weighted by molar-refractivity contribution is 0.00417. The second-order valence-electron chi connectivity index (χ2n) is 8.56. The van der Waals surface area contributed by atoms with Crippen LogP contribution >= 0.6 is 11.3 Å². The predicted octanol–water partition coefficient (Wildman–Crippen LogP) is 3.85. The van der Waals surface area contributed by atoms with Crippen molar-refractivity contribution < 1.29 is 19.1 Å². The predicted molar refractivity (Wildman–Crippen MR) is 120 cm³/mol. The minimum absolute atomic E-state index is 0.0720. The van der Waals surface area contributed by atoms with Gasteiger partial charge in [-0.25, -0.2) is 4.79 Å². The highest BCUT2D eigenvalue weighted by Gasteiger charge is 2.36. The topological polar surface area (TPSA) is 79.0 Å². The SMILES string of the molecule is CNC(=O)c1cccc([C@@H]2CN(C(=O)OC(C)(C)C)CCN2C(=O)c2ccc(C)s2)c1. The molecule has 0 radical (unpaired) electrons. The van der Waals surface area contributed by atoms with Crippen molar-refractivity contribution in [2.24, 2.45) is 0 Å². The molecule has 166 valence electrons. The molecule has 0 spiro atoms.